The summed E-state index contributed by atoms with van der Waals surface area (Å²) in [6.07, 6.45) is 1.95. The third kappa shape index (κ3) is 2.66. The van der Waals surface area contributed by atoms with E-state index in [4.69, 9.17) is 11.6 Å². The number of hydrazine groups is 1. The minimum absolute atomic E-state index is 0.163. The van der Waals surface area contributed by atoms with Gasteiger partial charge in [-0.3, -0.25) is 4.68 Å². The zero-order valence-corrected chi connectivity index (χ0v) is 10.3. The zero-order valence-electron chi connectivity index (χ0n) is 10.3. The first-order valence-electron chi connectivity index (χ1n) is 5.42. The van der Waals surface area contributed by atoms with Crippen LogP contribution in [0.4, 0.5) is 17.6 Å². The lowest BCUT2D eigenvalue weighted by molar-refractivity contribution is 0.756. The number of rotatable bonds is 4. The second-order valence-electron chi connectivity index (χ2n) is 3.91. The van der Waals surface area contributed by atoms with Crippen LogP contribution in [0.3, 0.4) is 0 Å². The van der Waals surface area contributed by atoms with Gasteiger partial charge in [-0.25, -0.2) is 5.84 Å². The smallest absolute Gasteiger partial charge is 0.223 e. The van der Waals surface area contributed by atoms with E-state index in [9.17, 15) is 0 Å². The largest absolute Gasteiger partial charge is 0.368 e. The molecule has 96 valence electrons. The highest BCUT2D eigenvalue weighted by molar-refractivity contribution is 5.50. The van der Waals surface area contributed by atoms with Crippen LogP contribution in [0.25, 0.3) is 0 Å². The summed E-state index contributed by atoms with van der Waals surface area (Å²) in [5, 5.41) is 7.41. The van der Waals surface area contributed by atoms with Crippen molar-refractivity contribution in [3.63, 3.8) is 0 Å². The topological polar surface area (TPSA) is 120 Å². The van der Waals surface area contributed by atoms with Gasteiger partial charge in [-0.15, -0.1) is 0 Å². The van der Waals surface area contributed by atoms with Crippen molar-refractivity contribution in [2.24, 2.45) is 12.9 Å². The van der Waals surface area contributed by atoms with E-state index in [-0.39, 0.29) is 5.95 Å². The summed E-state index contributed by atoms with van der Waals surface area (Å²) in [6.45, 7) is 2.57. The van der Waals surface area contributed by atoms with Crippen molar-refractivity contribution in [2.45, 2.75) is 13.5 Å². The molecule has 18 heavy (non-hydrogen) atoms. The first-order valence-corrected chi connectivity index (χ1v) is 5.42. The summed E-state index contributed by atoms with van der Waals surface area (Å²) in [6, 6.07) is 1.68. The van der Waals surface area contributed by atoms with Crippen molar-refractivity contribution in [3.05, 3.63) is 23.5 Å². The van der Waals surface area contributed by atoms with Crippen molar-refractivity contribution in [2.75, 3.05) is 16.5 Å². The molecule has 0 unspecified atom stereocenters. The molecule has 8 heteroatoms. The third-order valence-corrected chi connectivity index (χ3v) is 2.47. The highest BCUT2D eigenvalue weighted by atomic mass is 15.3. The van der Waals surface area contributed by atoms with Crippen LogP contribution in [0, 0.1) is 6.92 Å². The van der Waals surface area contributed by atoms with Crippen LogP contribution in [-0.4, -0.2) is 19.7 Å². The Labute approximate surface area is 104 Å². The average Bonchev–Trinajstić information content (AvgIpc) is 2.64. The van der Waals surface area contributed by atoms with E-state index in [1.165, 1.54) is 0 Å². The highest BCUT2D eigenvalue weighted by Gasteiger charge is 2.05. The van der Waals surface area contributed by atoms with Gasteiger partial charge in [0.1, 0.15) is 11.6 Å². The average molecular weight is 248 g/mol. The summed E-state index contributed by atoms with van der Waals surface area (Å²) >= 11 is 0. The molecular weight excluding hydrogens is 232 g/mol. The number of nitrogens with two attached hydrogens (primary N) is 2. The van der Waals surface area contributed by atoms with Crippen molar-refractivity contribution in [3.8, 4) is 0 Å². The van der Waals surface area contributed by atoms with Gasteiger partial charge in [0.2, 0.25) is 5.95 Å². The van der Waals surface area contributed by atoms with Crippen LogP contribution in [-0.2, 0) is 13.6 Å². The molecule has 0 amide bonds. The molecule has 0 atom stereocenters. The van der Waals surface area contributed by atoms with Crippen molar-refractivity contribution >= 4 is 17.6 Å². The Morgan fingerprint density at radius 2 is 2.06 bits per heavy atom. The molecule has 2 aromatic rings. The van der Waals surface area contributed by atoms with E-state index in [1.54, 1.807) is 10.7 Å². The van der Waals surface area contributed by atoms with E-state index in [0.717, 1.165) is 11.3 Å². The second-order valence-corrected chi connectivity index (χ2v) is 3.91. The van der Waals surface area contributed by atoms with E-state index in [2.05, 4.69) is 25.8 Å². The Morgan fingerprint density at radius 3 is 2.67 bits per heavy atom. The van der Waals surface area contributed by atoms with E-state index in [0.29, 0.717) is 18.2 Å². The molecule has 0 radical (unpaired) electrons. The number of hydrogen-bond donors (Lipinski definition) is 4. The maximum Gasteiger partial charge on any atom is 0.223 e. The maximum absolute atomic E-state index is 5.56. The summed E-state index contributed by atoms with van der Waals surface area (Å²) in [5.74, 6) is 6.52. The van der Waals surface area contributed by atoms with Gasteiger partial charge in [-0.05, 0) is 6.92 Å². The molecule has 2 aromatic heterocycles. The molecule has 0 aliphatic carbocycles. The zero-order chi connectivity index (χ0) is 13.1. The summed E-state index contributed by atoms with van der Waals surface area (Å²) in [5.41, 5.74) is 10.1. The number of aromatic nitrogens is 4. The van der Waals surface area contributed by atoms with Gasteiger partial charge in [-0.1, -0.05) is 0 Å². The first kappa shape index (κ1) is 12.1. The lowest BCUT2D eigenvalue weighted by Crippen LogP contribution is -2.12. The Kier molecular flexibility index (Phi) is 3.28. The van der Waals surface area contributed by atoms with Gasteiger partial charge in [0.15, 0.2) is 0 Å². The summed E-state index contributed by atoms with van der Waals surface area (Å²) in [4.78, 5) is 7.97. The minimum atomic E-state index is 0.163. The number of aryl methyl sites for hydroxylation is 2. The summed E-state index contributed by atoms with van der Waals surface area (Å²) in [7, 11) is 1.88. The molecule has 0 fully saturated rings. The third-order valence-electron chi connectivity index (χ3n) is 2.47. The van der Waals surface area contributed by atoms with Gasteiger partial charge in [0, 0.05) is 31.4 Å². The normalized spacial score (nSPS) is 10.4. The first-order chi connectivity index (χ1) is 8.58. The van der Waals surface area contributed by atoms with Crippen LogP contribution in [0.2, 0.25) is 0 Å². The molecule has 2 rings (SSSR count). The molecule has 0 saturated carbocycles. The van der Waals surface area contributed by atoms with Crippen LogP contribution >= 0.6 is 0 Å². The number of anilines is 3. The molecule has 0 spiro atoms. The Hall–Kier alpha value is -2.35. The van der Waals surface area contributed by atoms with Crippen LogP contribution in [0.15, 0.2) is 12.3 Å². The van der Waals surface area contributed by atoms with Crippen molar-refractivity contribution < 1.29 is 0 Å². The quantitative estimate of drug-likeness (QED) is 0.444. The molecule has 0 bridgehead atoms. The number of hydrogen-bond acceptors (Lipinski definition) is 7. The molecular formula is C10H16N8. The lowest BCUT2D eigenvalue weighted by atomic mass is 10.2. The number of nitrogens with one attached hydrogen (secondary N) is 2. The lowest BCUT2D eigenvalue weighted by Gasteiger charge is -2.07. The Balaban J connectivity index is 2.10. The Bertz CT molecular complexity index is 547. The second kappa shape index (κ2) is 4.88. The van der Waals surface area contributed by atoms with Gasteiger partial charge in [-0.2, -0.15) is 15.1 Å². The number of nitrogens with zero attached hydrogens (tertiary/aromatic N) is 4. The van der Waals surface area contributed by atoms with Gasteiger partial charge >= 0.3 is 0 Å². The summed E-state index contributed by atoms with van der Waals surface area (Å²) < 4.78 is 1.77. The predicted octanol–water partition coefficient (Wildman–Crippen LogP) is -0.00158. The van der Waals surface area contributed by atoms with Crippen molar-refractivity contribution in [1.82, 2.24) is 19.7 Å². The molecule has 0 aliphatic heterocycles. The molecule has 0 aliphatic rings. The highest BCUT2D eigenvalue weighted by Crippen LogP contribution is 2.13. The van der Waals surface area contributed by atoms with Gasteiger partial charge in [0.25, 0.3) is 0 Å². The standard InChI is InChI=1S/C10H16N8/c1-6-7(5-18(2)17-6)4-13-8-3-9(16-12)15-10(11)14-8/h3,5H,4,12H2,1-2H3,(H4,11,13,14,15,16). The fourth-order valence-electron chi connectivity index (χ4n) is 1.64. The van der Waals surface area contributed by atoms with Gasteiger partial charge in [0.05, 0.1) is 5.69 Å². The minimum Gasteiger partial charge on any atom is -0.368 e. The predicted molar refractivity (Wildman–Crippen MR) is 69.5 cm³/mol. The molecule has 0 aromatic carbocycles. The van der Waals surface area contributed by atoms with E-state index < -0.39 is 0 Å². The molecule has 8 nitrogen and oxygen atoms in total. The molecule has 2 heterocycles. The van der Waals surface area contributed by atoms with E-state index in [1.807, 2.05) is 20.2 Å². The number of nitrogen functional groups attached to an aromatic ring is 2. The Morgan fingerprint density at radius 1 is 1.33 bits per heavy atom. The van der Waals surface area contributed by atoms with Crippen molar-refractivity contribution in [1.29, 1.82) is 0 Å². The fourth-order valence-corrected chi connectivity index (χ4v) is 1.64. The fraction of sp³-hybridized carbons (Fsp3) is 0.300. The van der Waals surface area contributed by atoms with E-state index >= 15 is 0 Å². The molecule has 0 saturated heterocycles. The SMILES string of the molecule is Cc1nn(C)cc1CNc1cc(NN)nc(N)n1. The van der Waals surface area contributed by atoms with Crippen LogP contribution in [0.5, 0.6) is 0 Å². The van der Waals surface area contributed by atoms with Crippen LogP contribution < -0.4 is 22.3 Å². The monoisotopic (exact) mass is 248 g/mol. The van der Waals surface area contributed by atoms with Crippen LogP contribution in [0.1, 0.15) is 11.3 Å². The molecule has 6 N–H and O–H groups in total. The maximum atomic E-state index is 5.56. The van der Waals surface area contributed by atoms with Gasteiger partial charge < -0.3 is 16.5 Å².